The lowest BCUT2D eigenvalue weighted by molar-refractivity contribution is -0.137. The van der Waals surface area contributed by atoms with E-state index in [4.69, 9.17) is 10.2 Å². The van der Waals surface area contributed by atoms with Gasteiger partial charge in [0, 0.05) is 6.54 Å². The number of carboxylic acid groups (broad SMARTS) is 1. The van der Waals surface area contributed by atoms with E-state index in [0.717, 1.165) is 11.0 Å². The zero-order valence-corrected chi connectivity index (χ0v) is 9.76. The van der Waals surface area contributed by atoms with E-state index in [2.05, 4.69) is 4.98 Å². The van der Waals surface area contributed by atoms with Gasteiger partial charge in [0.2, 0.25) is 0 Å². The van der Waals surface area contributed by atoms with Gasteiger partial charge in [-0.3, -0.25) is 4.79 Å². The van der Waals surface area contributed by atoms with Gasteiger partial charge in [0.15, 0.2) is 0 Å². The fourth-order valence-electron chi connectivity index (χ4n) is 1.70. The lowest BCUT2D eigenvalue weighted by atomic mass is 10.3. The van der Waals surface area contributed by atoms with Crippen molar-refractivity contribution in [2.75, 3.05) is 0 Å². The molecule has 0 saturated carbocycles. The normalized spacial score (nSPS) is 10.2. The van der Waals surface area contributed by atoms with Crippen LogP contribution in [0.3, 0.4) is 0 Å². The molecule has 0 fully saturated rings. The van der Waals surface area contributed by atoms with E-state index in [1.165, 1.54) is 0 Å². The van der Waals surface area contributed by atoms with Crippen molar-refractivity contribution in [2.24, 2.45) is 0 Å². The fourth-order valence-corrected chi connectivity index (χ4v) is 1.70. The average molecular weight is 256 g/mol. The predicted octanol–water partition coefficient (Wildman–Crippen LogP) is -1.99. The van der Waals surface area contributed by atoms with Crippen LogP contribution >= 0.6 is 0 Å². The average Bonchev–Trinajstić information content (AvgIpc) is 2.64. The van der Waals surface area contributed by atoms with Crippen molar-refractivity contribution in [3.8, 4) is 0 Å². The summed E-state index contributed by atoms with van der Waals surface area (Å²) in [4.78, 5) is 14.8. The molecule has 0 saturated heterocycles. The maximum atomic E-state index is 10.5. The van der Waals surface area contributed by atoms with Gasteiger partial charge < -0.3 is 27.2 Å². The molecule has 2 N–H and O–H groups in total. The predicted molar refractivity (Wildman–Crippen MR) is 57.9 cm³/mol. The molecule has 5 nitrogen and oxygen atoms in total. The molecule has 1 aromatic heterocycles. The minimum absolute atomic E-state index is 0. The number of nitrogens with zero attached hydrogens (tertiary/aromatic N) is 2. The van der Waals surface area contributed by atoms with Crippen LogP contribution in [0.2, 0.25) is 0 Å². The van der Waals surface area contributed by atoms with Gasteiger partial charge >= 0.3 is 5.97 Å². The zero-order valence-electron chi connectivity index (χ0n) is 9.01. The molecule has 0 atom stereocenters. The van der Waals surface area contributed by atoms with Crippen LogP contribution in [0.25, 0.3) is 11.0 Å². The summed E-state index contributed by atoms with van der Waals surface area (Å²) < 4.78 is 1.74. The summed E-state index contributed by atoms with van der Waals surface area (Å²) in [6.45, 7) is 0.139. The molecule has 0 radical (unpaired) electrons. The maximum Gasteiger partial charge on any atom is 0.305 e. The number of aryl methyl sites for hydroxylation is 1. The number of aliphatic hydroxyl groups is 1. The Kier molecular flexibility index (Phi) is 4.48. The Hall–Kier alpha value is -1.59. The third kappa shape index (κ3) is 2.75. The first kappa shape index (κ1) is 13.5. The van der Waals surface area contributed by atoms with Crippen molar-refractivity contribution in [3.63, 3.8) is 0 Å². The van der Waals surface area contributed by atoms with E-state index in [1.807, 2.05) is 24.3 Å². The van der Waals surface area contributed by atoms with E-state index in [1.54, 1.807) is 4.57 Å². The summed E-state index contributed by atoms with van der Waals surface area (Å²) in [5, 5.41) is 17.8. The highest BCUT2D eigenvalue weighted by Crippen LogP contribution is 2.16. The maximum absolute atomic E-state index is 10.5. The van der Waals surface area contributed by atoms with Gasteiger partial charge in [-0.15, -0.1) is 0 Å². The van der Waals surface area contributed by atoms with Crippen molar-refractivity contribution in [1.29, 1.82) is 0 Å². The SMILES string of the molecule is O=C(O)CCn1c(CO)nc2ccccc21.[Cl-]. The Bertz CT molecular complexity index is 524. The highest BCUT2D eigenvalue weighted by Gasteiger charge is 2.10. The third-order valence-electron chi connectivity index (χ3n) is 2.42. The number of benzene rings is 1. The molecule has 0 aliphatic rings. The van der Waals surface area contributed by atoms with Crippen LogP contribution in [0.15, 0.2) is 24.3 Å². The number of carboxylic acids is 1. The number of aliphatic hydroxyl groups excluding tert-OH is 1. The zero-order chi connectivity index (χ0) is 11.5. The number of halogens is 1. The smallest absolute Gasteiger partial charge is 0.305 e. The molecule has 6 heteroatoms. The molecule has 1 heterocycles. The lowest BCUT2D eigenvalue weighted by Gasteiger charge is -2.05. The van der Waals surface area contributed by atoms with Gasteiger partial charge in [0.1, 0.15) is 12.4 Å². The quantitative estimate of drug-likeness (QED) is 0.663. The summed E-state index contributed by atoms with van der Waals surface area (Å²) >= 11 is 0. The molecule has 0 aliphatic heterocycles. The second kappa shape index (κ2) is 5.65. The molecule has 0 spiro atoms. The molecule has 92 valence electrons. The Morgan fingerprint density at radius 1 is 1.35 bits per heavy atom. The van der Waals surface area contributed by atoms with Crippen molar-refractivity contribution in [2.45, 2.75) is 19.6 Å². The molecular weight excluding hydrogens is 244 g/mol. The first-order valence-corrected chi connectivity index (χ1v) is 4.99. The molecule has 0 aliphatic carbocycles. The second-order valence-electron chi connectivity index (χ2n) is 3.47. The van der Waals surface area contributed by atoms with Crippen LogP contribution in [-0.2, 0) is 17.9 Å². The first-order chi connectivity index (χ1) is 7.72. The minimum atomic E-state index is -0.860. The number of aromatic nitrogens is 2. The second-order valence-corrected chi connectivity index (χ2v) is 3.47. The molecule has 17 heavy (non-hydrogen) atoms. The summed E-state index contributed by atoms with van der Waals surface area (Å²) in [6, 6.07) is 7.43. The van der Waals surface area contributed by atoms with Gasteiger partial charge in [-0.2, -0.15) is 0 Å². The fraction of sp³-hybridized carbons (Fsp3) is 0.273. The number of rotatable bonds is 4. The number of hydrogen-bond acceptors (Lipinski definition) is 3. The van der Waals surface area contributed by atoms with Crippen molar-refractivity contribution in [1.82, 2.24) is 9.55 Å². The molecule has 0 amide bonds. The Morgan fingerprint density at radius 2 is 2.06 bits per heavy atom. The monoisotopic (exact) mass is 255 g/mol. The van der Waals surface area contributed by atoms with Crippen molar-refractivity contribution >= 4 is 17.0 Å². The van der Waals surface area contributed by atoms with Gasteiger partial charge in [0.05, 0.1) is 17.5 Å². The van der Waals surface area contributed by atoms with Gasteiger partial charge in [0.25, 0.3) is 0 Å². The number of para-hydroxylation sites is 2. The summed E-state index contributed by atoms with van der Waals surface area (Å²) in [5.74, 6) is -0.357. The van der Waals surface area contributed by atoms with Crippen LogP contribution in [0.5, 0.6) is 0 Å². The number of fused-ring (bicyclic) bond motifs is 1. The van der Waals surface area contributed by atoms with Crippen molar-refractivity contribution < 1.29 is 27.4 Å². The molecule has 1 aromatic carbocycles. The van der Waals surface area contributed by atoms with Crippen LogP contribution < -0.4 is 12.4 Å². The standard InChI is InChI=1S/C11H12N2O3.ClH/c14-7-10-12-8-3-1-2-4-9(8)13(10)6-5-11(15)16;/h1-4,14H,5-7H2,(H,15,16);1H/p-1. The Labute approximate surface area is 104 Å². The minimum Gasteiger partial charge on any atom is -1.00 e. The van der Waals surface area contributed by atoms with E-state index in [0.29, 0.717) is 12.4 Å². The molecule has 2 aromatic rings. The largest absolute Gasteiger partial charge is 1.00 e. The van der Waals surface area contributed by atoms with Crippen LogP contribution in [0, 0.1) is 0 Å². The van der Waals surface area contributed by atoms with E-state index >= 15 is 0 Å². The number of imidazole rings is 1. The molecular formula is C11H12ClN2O3-. The third-order valence-corrected chi connectivity index (χ3v) is 2.42. The van der Waals surface area contributed by atoms with Gasteiger partial charge in [-0.25, -0.2) is 4.98 Å². The number of aliphatic carboxylic acids is 1. The van der Waals surface area contributed by atoms with Gasteiger partial charge in [-0.05, 0) is 12.1 Å². The van der Waals surface area contributed by atoms with E-state index in [-0.39, 0.29) is 25.4 Å². The summed E-state index contributed by atoms with van der Waals surface area (Å²) in [7, 11) is 0. The highest BCUT2D eigenvalue weighted by molar-refractivity contribution is 5.76. The van der Waals surface area contributed by atoms with Crippen LogP contribution in [0.4, 0.5) is 0 Å². The van der Waals surface area contributed by atoms with Crippen molar-refractivity contribution in [3.05, 3.63) is 30.1 Å². The van der Waals surface area contributed by atoms with E-state index < -0.39 is 5.97 Å². The highest BCUT2D eigenvalue weighted by atomic mass is 35.5. The number of carbonyl (C=O) groups is 1. The first-order valence-electron chi connectivity index (χ1n) is 4.99. The topological polar surface area (TPSA) is 75.3 Å². The number of hydrogen-bond donors (Lipinski definition) is 2. The Morgan fingerprint density at radius 3 is 2.71 bits per heavy atom. The molecule has 0 bridgehead atoms. The van der Waals surface area contributed by atoms with Crippen LogP contribution in [-0.4, -0.2) is 25.7 Å². The Balaban J connectivity index is 0.00000144. The van der Waals surface area contributed by atoms with Gasteiger partial charge in [-0.1, -0.05) is 12.1 Å². The summed E-state index contributed by atoms with van der Waals surface area (Å²) in [5.41, 5.74) is 1.63. The van der Waals surface area contributed by atoms with E-state index in [9.17, 15) is 4.79 Å². The summed E-state index contributed by atoms with van der Waals surface area (Å²) in [6.07, 6.45) is 0.0212. The lowest BCUT2D eigenvalue weighted by Crippen LogP contribution is -3.00. The molecule has 2 rings (SSSR count). The molecule has 0 unspecified atom stereocenters. The van der Waals surface area contributed by atoms with Crippen LogP contribution in [0.1, 0.15) is 12.2 Å².